The van der Waals surface area contributed by atoms with Gasteiger partial charge in [0, 0.05) is 10.9 Å². The average molecular weight is 341 g/mol. The third-order valence-corrected chi connectivity index (χ3v) is 4.53. The van der Waals surface area contributed by atoms with Gasteiger partial charge in [-0.25, -0.2) is 4.98 Å². The molecule has 2 heterocycles. The number of carbonyl (C=O) groups excluding carboxylic acids is 1. The van der Waals surface area contributed by atoms with Crippen molar-refractivity contribution in [2.75, 3.05) is 5.32 Å². The van der Waals surface area contributed by atoms with Gasteiger partial charge in [0.25, 0.3) is 5.91 Å². The second-order valence-corrected chi connectivity index (χ2v) is 6.50. The van der Waals surface area contributed by atoms with Crippen molar-refractivity contribution in [3.05, 3.63) is 52.2 Å². The summed E-state index contributed by atoms with van der Waals surface area (Å²) in [6.07, 6.45) is 2.21. The van der Waals surface area contributed by atoms with Crippen molar-refractivity contribution in [1.82, 2.24) is 10.1 Å². The Morgan fingerprint density at radius 2 is 2.00 bits per heavy atom. The number of nitrogens with zero attached hydrogens (tertiary/aromatic N) is 2. The Morgan fingerprint density at radius 1 is 1.25 bits per heavy atom. The fourth-order valence-corrected chi connectivity index (χ4v) is 3.28. The fraction of sp³-hybridized carbons (Fsp3) is 0.278. The molecule has 0 saturated heterocycles. The van der Waals surface area contributed by atoms with Gasteiger partial charge in [0.05, 0.1) is 11.4 Å². The highest BCUT2D eigenvalue weighted by Crippen LogP contribution is 2.26. The second kappa shape index (κ2) is 6.97. The molecule has 24 heavy (non-hydrogen) atoms. The quantitative estimate of drug-likeness (QED) is 0.735. The van der Waals surface area contributed by atoms with Crippen LogP contribution < -0.4 is 5.32 Å². The maximum Gasteiger partial charge on any atom is 0.262 e. The summed E-state index contributed by atoms with van der Waals surface area (Å²) in [5.41, 5.74) is 4.27. The van der Waals surface area contributed by atoms with E-state index in [9.17, 15) is 4.79 Å². The van der Waals surface area contributed by atoms with E-state index in [2.05, 4.69) is 46.6 Å². The van der Waals surface area contributed by atoms with Gasteiger partial charge in [0.15, 0.2) is 5.13 Å². The Morgan fingerprint density at radius 3 is 2.62 bits per heavy atom. The number of rotatable bonds is 5. The number of carbonyl (C=O) groups is 1. The van der Waals surface area contributed by atoms with E-state index in [0.717, 1.165) is 24.1 Å². The van der Waals surface area contributed by atoms with E-state index >= 15 is 0 Å². The Labute approximate surface area is 144 Å². The van der Waals surface area contributed by atoms with E-state index < -0.39 is 0 Å². The molecule has 2 aromatic heterocycles. The lowest BCUT2D eigenvalue weighted by Crippen LogP contribution is -2.13. The third kappa shape index (κ3) is 3.38. The van der Waals surface area contributed by atoms with Gasteiger partial charge in [-0.3, -0.25) is 10.1 Å². The summed E-state index contributed by atoms with van der Waals surface area (Å²) in [4.78, 5) is 16.8. The van der Waals surface area contributed by atoms with Crippen LogP contribution in [0.3, 0.4) is 0 Å². The first kappa shape index (κ1) is 16.4. The lowest BCUT2D eigenvalue weighted by molar-refractivity contribution is 0.102. The van der Waals surface area contributed by atoms with E-state index in [1.807, 2.05) is 5.38 Å². The highest BCUT2D eigenvalue weighted by molar-refractivity contribution is 7.14. The first-order valence-corrected chi connectivity index (χ1v) is 8.75. The number of hydrogen-bond donors (Lipinski definition) is 1. The van der Waals surface area contributed by atoms with E-state index in [-0.39, 0.29) is 5.91 Å². The third-order valence-electron chi connectivity index (χ3n) is 3.77. The molecule has 5 nitrogen and oxygen atoms in total. The number of aromatic nitrogens is 2. The van der Waals surface area contributed by atoms with E-state index in [1.165, 1.54) is 16.9 Å². The van der Waals surface area contributed by atoms with Gasteiger partial charge in [-0.2, -0.15) is 0 Å². The van der Waals surface area contributed by atoms with Crippen molar-refractivity contribution in [1.29, 1.82) is 0 Å². The molecule has 1 N–H and O–H groups in total. The molecule has 0 aliphatic carbocycles. The highest BCUT2D eigenvalue weighted by atomic mass is 32.1. The maximum atomic E-state index is 12.3. The molecule has 0 radical (unpaired) electrons. The summed E-state index contributed by atoms with van der Waals surface area (Å²) in [5.74, 6) is 0.263. The Balaban J connectivity index is 1.75. The number of anilines is 1. The maximum absolute atomic E-state index is 12.3. The normalized spacial score (nSPS) is 10.8. The van der Waals surface area contributed by atoms with Crippen molar-refractivity contribution in [3.8, 4) is 11.3 Å². The summed E-state index contributed by atoms with van der Waals surface area (Å²) in [6.45, 7) is 5.64. The van der Waals surface area contributed by atoms with E-state index in [4.69, 9.17) is 4.52 Å². The van der Waals surface area contributed by atoms with E-state index in [0.29, 0.717) is 22.1 Å². The zero-order valence-corrected chi connectivity index (χ0v) is 14.7. The summed E-state index contributed by atoms with van der Waals surface area (Å²) in [6, 6.07) is 8.39. The first-order chi connectivity index (χ1) is 11.6. The van der Waals surface area contributed by atoms with Crippen molar-refractivity contribution >= 4 is 22.4 Å². The van der Waals surface area contributed by atoms with Crippen molar-refractivity contribution in [2.45, 2.75) is 33.6 Å². The Kier molecular flexibility index (Phi) is 4.76. The summed E-state index contributed by atoms with van der Waals surface area (Å²) >= 11 is 1.40. The SMILES string of the molecule is CCCc1ccc(-c2csc(NC(=O)c3c(C)noc3C)n2)cc1. The van der Waals surface area contributed by atoms with Gasteiger partial charge in [-0.15, -0.1) is 11.3 Å². The first-order valence-electron chi connectivity index (χ1n) is 7.87. The largest absolute Gasteiger partial charge is 0.361 e. The van der Waals surface area contributed by atoms with Crippen LogP contribution in [0.25, 0.3) is 11.3 Å². The summed E-state index contributed by atoms with van der Waals surface area (Å²) in [7, 11) is 0. The smallest absolute Gasteiger partial charge is 0.262 e. The standard InChI is InChI=1S/C18H19N3O2S/c1-4-5-13-6-8-14(9-7-13)15-10-24-18(19-15)20-17(22)16-11(2)21-23-12(16)3/h6-10H,4-5H2,1-3H3,(H,19,20,22). The zero-order valence-electron chi connectivity index (χ0n) is 13.9. The van der Waals surface area contributed by atoms with Crippen LogP contribution in [-0.4, -0.2) is 16.0 Å². The van der Waals surface area contributed by atoms with E-state index in [1.54, 1.807) is 13.8 Å². The van der Waals surface area contributed by atoms with Gasteiger partial charge in [0.2, 0.25) is 0 Å². The minimum atomic E-state index is -0.245. The molecule has 0 fully saturated rings. The molecule has 3 rings (SSSR count). The number of nitrogens with one attached hydrogen (secondary N) is 1. The van der Waals surface area contributed by atoms with Gasteiger partial charge in [-0.05, 0) is 25.8 Å². The summed E-state index contributed by atoms with van der Waals surface area (Å²) in [5, 5.41) is 9.12. The Hall–Kier alpha value is -2.47. The minimum Gasteiger partial charge on any atom is -0.361 e. The molecule has 0 aliphatic heterocycles. The molecule has 1 amide bonds. The van der Waals surface area contributed by atoms with Gasteiger partial charge in [0.1, 0.15) is 11.3 Å². The van der Waals surface area contributed by atoms with Crippen LogP contribution in [0.5, 0.6) is 0 Å². The average Bonchev–Trinajstić information content (AvgIpc) is 3.15. The molecule has 0 atom stereocenters. The second-order valence-electron chi connectivity index (χ2n) is 5.64. The topological polar surface area (TPSA) is 68.0 Å². The lowest BCUT2D eigenvalue weighted by atomic mass is 10.1. The molecule has 0 spiro atoms. The number of thiazole rings is 1. The lowest BCUT2D eigenvalue weighted by Gasteiger charge is -2.01. The van der Waals surface area contributed by atoms with Crippen LogP contribution in [0.1, 0.15) is 40.7 Å². The zero-order chi connectivity index (χ0) is 17.1. The molecule has 0 unspecified atom stereocenters. The predicted octanol–water partition coefficient (Wildman–Crippen LogP) is 4.62. The summed E-state index contributed by atoms with van der Waals surface area (Å²) < 4.78 is 5.03. The van der Waals surface area contributed by atoms with Gasteiger partial charge < -0.3 is 4.52 Å². The predicted molar refractivity (Wildman–Crippen MR) is 95.5 cm³/mol. The molecule has 6 heteroatoms. The molecule has 0 bridgehead atoms. The van der Waals surface area contributed by atoms with Crippen LogP contribution in [-0.2, 0) is 6.42 Å². The molecule has 124 valence electrons. The van der Waals surface area contributed by atoms with Crippen LogP contribution in [0.4, 0.5) is 5.13 Å². The molecule has 3 aromatic rings. The van der Waals surface area contributed by atoms with Crippen LogP contribution >= 0.6 is 11.3 Å². The number of hydrogen-bond acceptors (Lipinski definition) is 5. The van der Waals surface area contributed by atoms with Crippen molar-refractivity contribution < 1.29 is 9.32 Å². The molecule has 1 aromatic carbocycles. The van der Waals surface area contributed by atoms with Crippen molar-refractivity contribution in [3.63, 3.8) is 0 Å². The minimum absolute atomic E-state index is 0.245. The van der Waals surface area contributed by atoms with Crippen LogP contribution in [0, 0.1) is 13.8 Å². The van der Waals surface area contributed by atoms with Gasteiger partial charge >= 0.3 is 0 Å². The molecule has 0 saturated carbocycles. The Bertz CT molecular complexity index is 830. The monoisotopic (exact) mass is 341 g/mol. The molecular formula is C18H19N3O2S. The number of benzene rings is 1. The van der Waals surface area contributed by atoms with Crippen LogP contribution in [0.15, 0.2) is 34.2 Å². The highest BCUT2D eigenvalue weighted by Gasteiger charge is 2.18. The van der Waals surface area contributed by atoms with Crippen LogP contribution in [0.2, 0.25) is 0 Å². The molecular weight excluding hydrogens is 322 g/mol. The van der Waals surface area contributed by atoms with Gasteiger partial charge in [-0.1, -0.05) is 42.8 Å². The van der Waals surface area contributed by atoms with Crippen molar-refractivity contribution in [2.24, 2.45) is 0 Å². The number of amides is 1. The fourth-order valence-electron chi connectivity index (χ4n) is 2.56. The number of aryl methyl sites for hydroxylation is 3. The molecule has 0 aliphatic rings.